The van der Waals surface area contributed by atoms with Crippen LogP contribution in [0.3, 0.4) is 0 Å². The van der Waals surface area contributed by atoms with Gasteiger partial charge in [-0.3, -0.25) is 0 Å². The van der Waals surface area contributed by atoms with Gasteiger partial charge in [-0.05, 0) is 43.5 Å². The molecule has 96 valence electrons. The van der Waals surface area contributed by atoms with Crippen molar-refractivity contribution in [2.24, 2.45) is 5.92 Å². The van der Waals surface area contributed by atoms with E-state index in [1.165, 1.54) is 34.9 Å². The smallest absolute Gasteiger partial charge is 0.0331 e. The summed E-state index contributed by atoms with van der Waals surface area (Å²) in [5.74, 6) is 0.806. The third-order valence-electron chi connectivity index (χ3n) is 3.60. The number of benzene rings is 1. The van der Waals surface area contributed by atoms with Gasteiger partial charge in [0.25, 0.3) is 0 Å². The van der Waals surface area contributed by atoms with Gasteiger partial charge in [0, 0.05) is 10.5 Å². The number of aryl methyl sites for hydroxylation is 1. The largest absolute Gasteiger partial charge is 0.313 e. The molecule has 0 aliphatic heterocycles. The summed E-state index contributed by atoms with van der Waals surface area (Å²) < 4.78 is 1.22. The zero-order chi connectivity index (χ0) is 12.8. The summed E-state index contributed by atoms with van der Waals surface area (Å²) in [7, 11) is 2.05. The van der Waals surface area contributed by atoms with Gasteiger partial charge in [-0.15, -0.1) is 0 Å². The van der Waals surface area contributed by atoms with Gasteiger partial charge >= 0.3 is 0 Å². The van der Waals surface area contributed by atoms with E-state index in [1.807, 2.05) is 0 Å². The molecule has 0 fully saturated rings. The third-order valence-corrected chi connectivity index (χ3v) is 4.29. The first-order valence-electron chi connectivity index (χ1n) is 6.55. The molecular weight excluding hydrogens is 274 g/mol. The van der Waals surface area contributed by atoms with Crippen LogP contribution < -0.4 is 5.32 Å². The summed E-state index contributed by atoms with van der Waals surface area (Å²) in [6.07, 6.45) is 3.74. The maximum Gasteiger partial charge on any atom is 0.0331 e. The van der Waals surface area contributed by atoms with Gasteiger partial charge in [0.05, 0.1) is 0 Å². The van der Waals surface area contributed by atoms with Crippen molar-refractivity contribution in [3.05, 3.63) is 33.8 Å². The quantitative estimate of drug-likeness (QED) is 0.792. The lowest BCUT2D eigenvalue weighted by atomic mass is 9.91. The Morgan fingerprint density at radius 1 is 1.24 bits per heavy atom. The number of rotatable bonds is 6. The lowest BCUT2D eigenvalue weighted by molar-refractivity contribution is 0.385. The summed E-state index contributed by atoms with van der Waals surface area (Å²) >= 11 is 3.68. The van der Waals surface area contributed by atoms with Gasteiger partial charge in [-0.25, -0.2) is 0 Å². The van der Waals surface area contributed by atoms with E-state index < -0.39 is 0 Å². The molecule has 2 heteroatoms. The Hall–Kier alpha value is -0.340. The topological polar surface area (TPSA) is 12.0 Å². The Morgan fingerprint density at radius 2 is 1.88 bits per heavy atom. The fraction of sp³-hybridized carbons (Fsp3) is 0.600. The van der Waals surface area contributed by atoms with Crippen LogP contribution in [0, 0.1) is 12.8 Å². The second-order valence-corrected chi connectivity index (χ2v) is 5.64. The minimum Gasteiger partial charge on any atom is -0.313 e. The summed E-state index contributed by atoms with van der Waals surface area (Å²) in [6.45, 7) is 6.69. The van der Waals surface area contributed by atoms with E-state index in [1.54, 1.807) is 0 Å². The highest BCUT2D eigenvalue weighted by Crippen LogP contribution is 2.30. The zero-order valence-electron chi connectivity index (χ0n) is 11.4. The molecule has 1 N–H and O–H groups in total. The number of nitrogens with one attached hydrogen (secondary N) is 1. The summed E-state index contributed by atoms with van der Waals surface area (Å²) in [6, 6.07) is 7.09. The van der Waals surface area contributed by atoms with E-state index in [2.05, 4.69) is 67.3 Å². The summed E-state index contributed by atoms with van der Waals surface area (Å²) in [4.78, 5) is 0. The molecule has 1 unspecified atom stereocenters. The molecule has 0 spiro atoms. The molecule has 0 amide bonds. The van der Waals surface area contributed by atoms with Crippen LogP contribution in [0.2, 0.25) is 0 Å². The molecule has 1 aromatic rings. The first-order valence-corrected chi connectivity index (χ1v) is 7.34. The molecule has 0 bridgehead atoms. The molecule has 0 aliphatic carbocycles. The first kappa shape index (κ1) is 14.7. The van der Waals surface area contributed by atoms with Gasteiger partial charge in [-0.1, -0.05) is 54.8 Å². The molecule has 1 aromatic carbocycles. The fourth-order valence-corrected chi connectivity index (χ4v) is 3.04. The van der Waals surface area contributed by atoms with Crippen molar-refractivity contribution in [2.75, 3.05) is 7.05 Å². The van der Waals surface area contributed by atoms with Crippen molar-refractivity contribution in [1.29, 1.82) is 0 Å². The molecular formula is C15H24BrN. The minimum atomic E-state index is 0.454. The van der Waals surface area contributed by atoms with Gasteiger partial charge in [-0.2, -0.15) is 0 Å². The lowest BCUT2D eigenvalue weighted by Crippen LogP contribution is -2.20. The average molecular weight is 298 g/mol. The molecule has 0 radical (unpaired) electrons. The van der Waals surface area contributed by atoms with Gasteiger partial charge in [0.1, 0.15) is 0 Å². The van der Waals surface area contributed by atoms with Crippen LogP contribution in [0.25, 0.3) is 0 Å². The molecule has 17 heavy (non-hydrogen) atoms. The Morgan fingerprint density at radius 3 is 2.35 bits per heavy atom. The summed E-state index contributed by atoms with van der Waals surface area (Å²) in [5, 5.41) is 3.45. The Balaban J connectivity index is 2.85. The first-order chi connectivity index (χ1) is 8.12. The van der Waals surface area contributed by atoms with Crippen molar-refractivity contribution < 1.29 is 0 Å². The standard InChI is InChI=1S/C15H24BrN/c1-5-12(6-2)10-15(17-4)13-8-7-11(3)9-14(13)16/h7-9,12,15,17H,5-6,10H2,1-4H3. The lowest BCUT2D eigenvalue weighted by Gasteiger charge is -2.23. The highest BCUT2D eigenvalue weighted by Gasteiger charge is 2.16. The van der Waals surface area contributed by atoms with Crippen LogP contribution >= 0.6 is 15.9 Å². The van der Waals surface area contributed by atoms with Crippen LogP contribution in [-0.4, -0.2) is 7.05 Å². The Labute approximate surface area is 114 Å². The van der Waals surface area contributed by atoms with Crippen LogP contribution in [0.5, 0.6) is 0 Å². The van der Waals surface area contributed by atoms with E-state index in [0.717, 1.165) is 5.92 Å². The van der Waals surface area contributed by atoms with E-state index in [9.17, 15) is 0 Å². The molecule has 1 atom stereocenters. The second-order valence-electron chi connectivity index (χ2n) is 4.78. The number of hydrogen-bond acceptors (Lipinski definition) is 1. The molecule has 0 saturated heterocycles. The molecule has 0 aromatic heterocycles. The maximum atomic E-state index is 3.68. The van der Waals surface area contributed by atoms with Crippen molar-refractivity contribution >= 4 is 15.9 Å². The predicted molar refractivity (Wildman–Crippen MR) is 79.4 cm³/mol. The number of halogens is 1. The fourth-order valence-electron chi connectivity index (χ4n) is 2.27. The SMILES string of the molecule is CCC(CC)CC(NC)c1ccc(C)cc1Br. The average Bonchev–Trinajstić information content (AvgIpc) is 2.32. The number of hydrogen-bond donors (Lipinski definition) is 1. The van der Waals surface area contributed by atoms with Gasteiger partial charge in [0.2, 0.25) is 0 Å². The highest BCUT2D eigenvalue weighted by atomic mass is 79.9. The normalized spacial score (nSPS) is 13.1. The highest BCUT2D eigenvalue weighted by molar-refractivity contribution is 9.10. The van der Waals surface area contributed by atoms with Crippen molar-refractivity contribution in [3.63, 3.8) is 0 Å². The Kier molecular flexibility index (Phi) is 6.21. The monoisotopic (exact) mass is 297 g/mol. The molecule has 1 rings (SSSR count). The molecule has 0 aliphatic rings. The molecule has 1 nitrogen and oxygen atoms in total. The van der Waals surface area contributed by atoms with Crippen molar-refractivity contribution in [1.82, 2.24) is 5.32 Å². The van der Waals surface area contributed by atoms with Crippen molar-refractivity contribution in [3.8, 4) is 0 Å². The van der Waals surface area contributed by atoms with E-state index >= 15 is 0 Å². The predicted octanol–water partition coefficient (Wildman–Crippen LogP) is 4.84. The summed E-state index contributed by atoms with van der Waals surface area (Å²) in [5.41, 5.74) is 2.68. The van der Waals surface area contributed by atoms with E-state index in [0.29, 0.717) is 6.04 Å². The molecule has 0 saturated carbocycles. The van der Waals surface area contributed by atoms with E-state index in [4.69, 9.17) is 0 Å². The molecule has 0 heterocycles. The van der Waals surface area contributed by atoms with Gasteiger partial charge < -0.3 is 5.32 Å². The van der Waals surface area contributed by atoms with E-state index in [-0.39, 0.29) is 0 Å². The minimum absolute atomic E-state index is 0.454. The van der Waals surface area contributed by atoms with Crippen molar-refractivity contribution in [2.45, 2.75) is 46.1 Å². The van der Waals surface area contributed by atoms with Crippen LogP contribution in [0.4, 0.5) is 0 Å². The van der Waals surface area contributed by atoms with Gasteiger partial charge in [0.15, 0.2) is 0 Å². The zero-order valence-corrected chi connectivity index (χ0v) is 13.0. The Bertz CT molecular complexity index is 345. The third kappa shape index (κ3) is 4.11. The maximum absolute atomic E-state index is 3.68. The second kappa shape index (κ2) is 7.17. The van der Waals surface area contributed by atoms with Crippen LogP contribution in [0.1, 0.15) is 50.3 Å². The van der Waals surface area contributed by atoms with Crippen LogP contribution in [0.15, 0.2) is 22.7 Å². The van der Waals surface area contributed by atoms with Crippen LogP contribution in [-0.2, 0) is 0 Å².